The summed E-state index contributed by atoms with van der Waals surface area (Å²) in [5.41, 5.74) is 0. The van der Waals surface area contributed by atoms with Gasteiger partial charge in [0.05, 0.1) is 26.0 Å². The van der Waals surface area contributed by atoms with Gasteiger partial charge in [0.15, 0.2) is 0 Å². The van der Waals surface area contributed by atoms with Gasteiger partial charge in [0.2, 0.25) is 5.28 Å². The molecule has 1 heterocycles. The average Bonchev–Trinajstić information content (AvgIpc) is 2.23. The van der Waals surface area contributed by atoms with Crippen molar-refractivity contribution in [2.45, 2.75) is 0 Å². The van der Waals surface area contributed by atoms with Gasteiger partial charge in [0, 0.05) is 6.54 Å². The molecule has 0 aromatic carbocycles. The van der Waals surface area contributed by atoms with E-state index in [4.69, 9.17) is 33.0 Å². The van der Waals surface area contributed by atoms with Crippen molar-refractivity contribution in [3.63, 3.8) is 0 Å². The van der Waals surface area contributed by atoms with Gasteiger partial charge < -0.3 is 15.2 Å². The number of ether oxygens (including phenoxy) is 1. The van der Waals surface area contributed by atoms with Crippen molar-refractivity contribution < 1.29 is 9.84 Å². The molecule has 0 spiro atoms. The van der Waals surface area contributed by atoms with Crippen LogP contribution in [0.2, 0.25) is 10.3 Å². The van der Waals surface area contributed by atoms with Gasteiger partial charge >= 0.3 is 0 Å². The van der Waals surface area contributed by atoms with Gasteiger partial charge in [-0.3, -0.25) is 0 Å². The normalized spacial score (nSPS) is 10.3. The van der Waals surface area contributed by atoms with Crippen LogP contribution >= 0.6 is 23.2 Å². The van der Waals surface area contributed by atoms with Crippen molar-refractivity contribution in [2.75, 3.05) is 31.7 Å². The zero-order valence-corrected chi connectivity index (χ0v) is 9.42. The van der Waals surface area contributed by atoms with Gasteiger partial charge in [-0.1, -0.05) is 11.6 Å². The van der Waals surface area contributed by atoms with Crippen molar-refractivity contribution in [1.82, 2.24) is 9.97 Å². The molecule has 0 aliphatic rings. The number of anilines is 1. The van der Waals surface area contributed by atoms with Crippen molar-refractivity contribution in [1.29, 1.82) is 0 Å². The quantitative estimate of drug-likeness (QED) is 0.588. The molecule has 0 saturated carbocycles. The molecule has 2 N–H and O–H groups in total. The van der Waals surface area contributed by atoms with E-state index in [0.29, 0.717) is 30.6 Å². The number of nitrogens with zero attached hydrogens (tertiary/aromatic N) is 2. The lowest BCUT2D eigenvalue weighted by atomic mass is 10.5. The molecule has 1 rings (SSSR count). The Hall–Kier alpha value is -0.620. The fourth-order valence-electron chi connectivity index (χ4n) is 0.878. The molecular formula is C8H11Cl2N3O2. The molecule has 0 bridgehead atoms. The average molecular weight is 252 g/mol. The Balaban J connectivity index is 2.33. The van der Waals surface area contributed by atoms with E-state index in [1.54, 1.807) is 0 Å². The number of halogens is 2. The summed E-state index contributed by atoms with van der Waals surface area (Å²) in [6, 6.07) is 0. The van der Waals surface area contributed by atoms with E-state index in [1.807, 2.05) is 0 Å². The molecule has 0 unspecified atom stereocenters. The Kier molecular flexibility index (Phi) is 5.63. The van der Waals surface area contributed by atoms with Gasteiger partial charge in [-0.2, -0.15) is 4.98 Å². The van der Waals surface area contributed by atoms with Crippen LogP contribution in [0.15, 0.2) is 6.20 Å². The molecule has 1 aromatic rings. The van der Waals surface area contributed by atoms with Crippen LogP contribution in [0.3, 0.4) is 0 Å². The largest absolute Gasteiger partial charge is 0.394 e. The monoisotopic (exact) mass is 251 g/mol. The van der Waals surface area contributed by atoms with Gasteiger partial charge in [0.1, 0.15) is 10.8 Å². The Morgan fingerprint density at radius 2 is 2.20 bits per heavy atom. The lowest BCUT2D eigenvalue weighted by Crippen LogP contribution is -2.12. The Labute approximate surface area is 97.4 Å². The topological polar surface area (TPSA) is 67.3 Å². The zero-order valence-electron chi connectivity index (χ0n) is 7.91. The molecule has 0 amide bonds. The summed E-state index contributed by atoms with van der Waals surface area (Å²) < 4.78 is 5.04. The van der Waals surface area contributed by atoms with Crippen LogP contribution in [0.1, 0.15) is 0 Å². The molecule has 0 radical (unpaired) electrons. The second kappa shape index (κ2) is 6.79. The van der Waals surface area contributed by atoms with Gasteiger partial charge in [-0.15, -0.1) is 0 Å². The molecule has 1 aromatic heterocycles. The molecule has 0 aliphatic carbocycles. The molecule has 84 valence electrons. The lowest BCUT2D eigenvalue weighted by Gasteiger charge is -2.07. The first kappa shape index (κ1) is 12.4. The third-order valence-corrected chi connectivity index (χ3v) is 1.95. The van der Waals surface area contributed by atoms with E-state index < -0.39 is 0 Å². The van der Waals surface area contributed by atoms with E-state index in [1.165, 1.54) is 6.20 Å². The predicted octanol–water partition coefficient (Wildman–Crippen LogP) is 1.20. The van der Waals surface area contributed by atoms with E-state index in [-0.39, 0.29) is 11.9 Å². The minimum atomic E-state index is 0.0140. The minimum Gasteiger partial charge on any atom is -0.394 e. The van der Waals surface area contributed by atoms with Crippen LogP contribution in [-0.2, 0) is 4.74 Å². The van der Waals surface area contributed by atoms with Crippen molar-refractivity contribution in [3.05, 3.63) is 16.5 Å². The highest BCUT2D eigenvalue weighted by Crippen LogP contribution is 2.18. The molecule has 7 heteroatoms. The first-order valence-electron chi connectivity index (χ1n) is 4.34. The predicted molar refractivity (Wildman–Crippen MR) is 58.4 cm³/mol. The number of rotatable bonds is 6. The fourth-order valence-corrected chi connectivity index (χ4v) is 1.17. The van der Waals surface area contributed by atoms with Crippen molar-refractivity contribution >= 4 is 29.0 Å². The molecule has 5 nitrogen and oxygen atoms in total. The SMILES string of the molecule is OCCOCCNc1nc(Cl)ncc1Cl. The van der Waals surface area contributed by atoms with Crippen LogP contribution in [0, 0.1) is 0 Å². The summed E-state index contributed by atoms with van der Waals surface area (Å²) in [7, 11) is 0. The number of aromatic nitrogens is 2. The van der Waals surface area contributed by atoms with Crippen LogP contribution in [0.4, 0.5) is 5.82 Å². The van der Waals surface area contributed by atoms with Gasteiger partial charge in [-0.05, 0) is 11.6 Å². The Bertz CT molecular complexity index is 312. The van der Waals surface area contributed by atoms with E-state index >= 15 is 0 Å². The van der Waals surface area contributed by atoms with Gasteiger partial charge in [0.25, 0.3) is 0 Å². The van der Waals surface area contributed by atoms with Gasteiger partial charge in [-0.25, -0.2) is 4.98 Å². The number of aliphatic hydroxyl groups is 1. The van der Waals surface area contributed by atoms with E-state index in [9.17, 15) is 0 Å². The summed E-state index contributed by atoms with van der Waals surface area (Å²) in [4.78, 5) is 7.61. The summed E-state index contributed by atoms with van der Waals surface area (Å²) in [6.45, 7) is 1.33. The highest BCUT2D eigenvalue weighted by atomic mass is 35.5. The molecule has 0 saturated heterocycles. The van der Waals surface area contributed by atoms with Crippen LogP contribution < -0.4 is 5.32 Å². The van der Waals surface area contributed by atoms with Crippen LogP contribution in [0.5, 0.6) is 0 Å². The smallest absolute Gasteiger partial charge is 0.224 e. The maximum absolute atomic E-state index is 8.46. The van der Waals surface area contributed by atoms with Crippen molar-refractivity contribution in [2.24, 2.45) is 0 Å². The maximum atomic E-state index is 8.46. The number of hydrogen-bond acceptors (Lipinski definition) is 5. The number of aliphatic hydroxyl groups excluding tert-OH is 1. The third kappa shape index (κ3) is 4.61. The first-order valence-corrected chi connectivity index (χ1v) is 5.10. The van der Waals surface area contributed by atoms with E-state index in [2.05, 4.69) is 15.3 Å². The Morgan fingerprint density at radius 1 is 1.40 bits per heavy atom. The van der Waals surface area contributed by atoms with Crippen LogP contribution in [-0.4, -0.2) is 41.4 Å². The number of hydrogen-bond donors (Lipinski definition) is 2. The highest BCUT2D eigenvalue weighted by Gasteiger charge is 2.02. The van der Waals surface area contributed by atoms with Crippen LogP contribution in [0.25, 0.3) is 0 Å². The molecule has 0 atom stereocenters. The number of nitrogens with one attached hydrogen (secondary N) is 1. The van der Waals surface area contributed by atoms with Crippen molar-refractivity contribution in [3.8, 4) is 0 Å². The summed E-state index contributed by atoms with van der Waals surface area (Å²) in [5.74, 6) is 0.476. The second-order valence-electron chi connectivity index (χ2n) is 2.60. The zero-order chi connectivity index (χ0) is 11.1. The summed E-state index contributed by atoms with van der Waals surface area (Å²) in [5, 5.41) is 11.9. The fraction of sp³-hybridized carbons (Fsp3) is 0.500. The molecule has 15 heavy (non-hydrogen) atoms. The summed E-state index contributed by atoms with van der Waals surface area (Å²) >= 11 is 11.4. The second-order valence-corrected chi connectivity index (χ2v) is 3.34. The minimum absolute atomic E-state index is 0.0140. The third-order valence-electron chi connectivity index (χ3n) is 1.49. The molecule has 0 fully saturated rings. The maximum Gasteiger partial charge on any atom is 0.224 e. The highest BCUT2D eigenvalue weighted by molar-refractivity contribution is 6.33. The summed E-state index contributed by atoms with van der Waals surface area (Å²) in [6.07, 6.45) is 1.42. The molecular weight excluding hydrogens is 241 g/mol. The first-order chi connectivity index (χ1) is 7.24. The lowest BCUT2D eigenvalue weighted by molar-refractivity contribution is 0.0992. The molecule has 0 aliphatic heterocycles. The standard InChI is InChI=1S/C8H11Cl2N3O2/c9-6-5-12-8(10)13-7(6)11-1-3-15-4-2-14/h5,14H,1-4H2,(H,11,12,13). The van der Waals surface area contributed by atoms with E-state index in [0.717, 1.165) is 0 Å². The Morgan fingerprint density at radius 3 is 2.93 bits per heavy atom.